The van der Waals surface area contributed by atoms with Gasteiger partial charge >= 0.3 is 0 Å². The molecule has 0 fully saturated rings. The molecule has 0 aliphatic heterocycles. The molecule has 2 heterocycles. The van der Waals surface area contributed by atoms with Gasteiger partial charge in [-0.15, -0.1) is 0 Å². The lowest BCUT2D eigenvalue weighted by Gasteiger charge is -2.11. The summed E-state index contributed by atoms with van der Waals surface area (Å²) in [4.78, 5) is 7.21. The predicted octanol–water partition coefficient (Wildman–Crippen LogP) is 5.18. The molecule has 29 heavy (non-hydrogen) atoms. The lowest BCUT2D eigenvalue weighted by Crippen LogP contribution is -2.18. The van der Waals surface area contributed by atoms with Crippen molar-refractivity contribution in [3.63, 3.8) is 0 Å². The number of likely N-dealkylation sites (N-methyl/N-ethyl adjacent to an activating group) is 1. The summed E-state index contributed by atoms with van der Waals surface area (Å²) in [6.45, 7) is 1.88. The SMILES string of the molecule is CN(C)CCn1c2ccccc2n2cc(-c3ccc(-c4ccccc4)cc3)nc12. The van der Waals surface area contributed by atoms with Crippen molar-refractivity contribution in [2.45, 2.75) is 6.54 Å². The van der Waals surface area contributed by atoms with Gasteiger partial charge in [0.15, 0.2) is 0 Å². The largest absolute Gasteiger partial charge is 0.308 e. The highest BCUT2D eigenvalue weighted by molar-refractivity contribution is 5.82. The third-order valence-electron chi connectivity index (χ3n) is 5.42. The zero-order chi connectivity index (χ0) is 19.8. The first kappa shape index (κ1) is 17.7. The maximum atomic E-state index is 5.01. The Kier molecular flexibility index (Phi) is 4.41. The van der Waals surface area contributed by atoms with E-state index in [9.17, 15) is 0 Å². The van der Waals surface area contributed by atoms with Crippen molar-refractivity contribution < 1.29 is 0 Å². The Hall–Kier alpha value is -3.37. The molecule has 0 aliphatic carbocycles. The van der Waals surface area contributed by atoms with Crippen LogP contribution in [0.3, 0.4) is 0 Å². The molecular formula is C25H24N4. The van der Waals surface area contributed by atoms with Crippen molar-refractivity contribution >= 4 is 16.8 Å². The van der Waals surface area contributed by atoms with Gasteiger partial charge in [-0.05, 0) is 37.4 Å². The van der Waals surface area contributed by atoms with E-state index < -0.39 is 0 Å². The maximum Gasteiger partial charge on any atom is 0.215 e. The average Bonchev–Trinajstić information content (AvgIpc) is 3.31. The van der Waals surface area contributed by atoms with Crippen LogP contribution in [0.2, 0.25) is 0 Å². The number of hydrogen-bond donors (Lipinski definition) is 0. The lowest BCUT2D eigenvalue weighted by molar-refractivity contribution is 0.388. The number of aromatic nitrogens is 3. The summed E-state index contributed by atoms with van der Waals surface area (Å²) in [5.74, 6) is 0.996. The minimum atomic E-state index is 0.910. The summed E-state index contributed by atoms with van der Waals surface area (Å²) >= 11 is 0. The van der Waals surface area contributed by atoms with Crippen LogP contribution in [0.15, 0.2) is 85.1 Å². The van der Waals surface area contributed by atoms with Crippen molar-refractivity contribution in [3.8, 4) is 22.4 Å². The Balaban J connectivity index is 1.57. The van der Waals surface area contributed by atoms with Crippen molar-refractivity contribution in [2.24, 2.45) is 0 Å². The molecule has 5 rings (SSSR count). The van der Waals surface area contributed by atoms with Gasteiger partial charge in [-0.1, -0.05) is 66.7 Å². The quantitative estimate of drug-likeness (QED) is 0.420. The van der Waals surface area contributed by atoms with E-state index in [4.69, 9.17) is 4.98 Å². The molecule has 0 atom stereocenters. The second kappa shape index (κ2) is 7.22. The van der Waals surface area contributed by atoms with Gasteiger partial charge in [-0.25, -0.2) is 4.98 Å². The van der Waals surface area contributed by atoms with Gasteiger partial charge in [0.2, 0.25) is 5.78 Å². The van der Waals surface area contributed by atoms with Crippen molar-refractivity contribution in [2.75, 3.05) is 20.6 Å². The highest BCUT2D eigenvalue weighted by atomic mass is 15.2. The summed E-state index contributed by atoms with van der Waals surface area (Å²) in [6, 6.07) is 27.7. The third kappa shape index (κ3) is 3.22. The topological polar surface area (TPSA) is 25.5 Å². The highest BCUT2D eigenvalue weighted by Crippen LogP contribution is 2.27. The molecule has 0 unspecified atom stereocenters. The fourth-order valence-electron chi connectivity index (χ4n) is 3.87. The Labute approximate surface area is 170 Å². The van der Waals surface area contributed by atoms with Crippen LogP contribution in [0.1, 0.15) is 0 Å². The molecule has 3 aromatic carbocycles. The zero-order valence-electron chi connectivity index (χ0n) is 16.8. The first-order valence-corrected chi connectivity index (χ1v) is 9.97. The van der Waals surface area contributed by atoms with Gasteiger partial charge in [-0.2, -0.15) is 0 Å². The molecular weight excluding hydrogens is 356 g/mol. The van der Waals surface area contributed by atoms with Gasteiger partial charge in [0.25, 0.3) is 0 Å². The minimum absolute atomic E-state index is 0.910. The van der Waals surface area contributed by atoms with E-state index >= 15 is 0 Å². The number of nitrogens with zero attached hydrogens (tertiary/aromatic N) is 4. The van der Waals surface area contributed by atoms with Crippen LogP contribution >= 0.6 is 0 Å². The van der Waals surface area contributed by atoms with Gasteiger partial charge in [0, 0.05) is 24.8 Å². The van der Waals surface area contributed by atoms with Crippen LogP contribution in [0.5, 0.6) is 0 Å². The molecule has 0 N–H and O–H groups in total. The van der Waals surface area contributed by atoms with E-state index in [-0.39, 0.29) is 0 Å². The average molecular weight is 380 g/mol. The van der Waals surface area contributed by atoms with Crippen LogP contribution in [-0.4, -0.2) is 39.5 Å². The van der Waals surface area contributed by atoms with Crippen molar-refractivity contribution in [1.29, 1.82) is 0 Å². The van der Waals surface area contributed by atoms with Gasteiger partial charge in [0.05, 0.1) is 16.7 Å². The highest BCUT2D eigenvalue weighted by Gasteiger charge is 2.14. The van der Waals surface area contributed by atoms with Crippen LogP contribution in [0.4, 0.5) is 0 Å². The predicted molar refractivity (Wildman–Crippen MR) is 120 cm³/mol. The summed E-state index contributed by atoms with van der Waals surface area (Å²) in [7, 11) is 4.21. The minimum Gasteiger partial charge on any atom is -0.308 e. The molecule has 4 nitrogen and oxygen atoms in total. The van der Waals surface area contributed by atoms with E-state index in [0.29, 0.717) is 0 Å². The van der Waals surface area contributed by atoms with Crippen molar-refractivity contribution in [1.82, 2.24) is 18.9 Å². The van der Waals surface area contributed by atoms with Crippen LogP contribution in [-0.2, 0) is 6.54 Å². The fourth-order valence-corrected chi connectivity index (χ4v) is 3.87. The smallest absolute Gasteiger partial charge is 0.215 e. The van der Waals surface area contributed by atoms with Crippen LogP contribution in [0, 0.1) is 0 Å². The van der Waals surface area contributed by atoms with E-state index in [0.717, 1.165) is 30.1 Å². The molecule has 0 amide bonds. The molecule has 0 saturated heterocycles. The molecule has 2 aromatic heterocycles. The number of fused-ring (bicyclic) bond motifs is 3. The summed E-state index contributed by atoms with van der Waals surface area (Å²) < 4.78 is 4.53. The van der Waals surface area contributed by atoms with Crippen LogP contribution < -0.4 is 0 Å². The molecule has 0 aliphatic rings. The second-order valence-electron chi connectivity index (χ2n) is 7.68. The first-order chi connectivity index (χ1) is 14.2. The Morgan fingerprint density at radius 1 is 0.724 bits per heavy atom. The molecule has 0 radical (unpaired) electrons. The van der Waals surface area contributed by atoms with Gasteiger partial charge < -0.3 is 9.47 Å². The molecule has 5 aromatic rings. The lowest BCUT2D eigenvalue weighted by atomic mass is 10.0. The Morgan fingerprint density at radius 3 is 2.07 bits per heavy atom. The monoisotopic (exact) mass is 380 g/mol. The van der Waals surface area contributed by atoms with Crippen LogP contribution in [0.25, 0.3) is 39.2 Å². The zero-order valence-corrected chi connectivity index (χ0v) is 16.8. The Bertz CT molecular complexity index is 1260. The Morgan fingerprint density at radius 2 is 1.34 bits per heavy atom. The standard InChI is InChI=1S/C25H24N4/c1-27(2)16-17-28-23-10-6-7-11-24(23)29-18-22(26-25(28)29)21-14-12-20(13-15-21)19-8-4-3-5-9-19/h3-15,18H,16-17H2,1-2H3. The molecule has 144 valence electrons. The molecule has 0 spiro atoms. The number of benzene rings is 3. The van der Waals surface area contributed by atoms with Gasteiger partial charge in [0.1, 0.15) is 0 Å². The summed E-state index contributed by atoms with van der Waals surface area (Å²) in [6.07, 6.45) is 2.15. The number of rotatable bonds is 5. The van der Waals surface area contributed by atoms with Gasteiger partial charge in [-0.3, -0.25) is 4.40 Å². The maximum absolute atomic E-state index is 5.01. The second-order valence-corrected chi connectivity index (χ2v) is 7.68. The summed E-state index contributed by atoms with van der Waals surface area (Å²) in [5, 5.41) is 0. The van der Waals surface area contributed by atoms with E-state index in [1.807, 2.05) is 6.07 Å². The molecule has 4 heteroatoms. The number of imidazole rings is 2. The fraction of sp³-hybridized carbons (Fsp3) is 0.160. The molecule has 0 saturated carbocycles. The molecule has 0 bridgehead atoms. The van der Waals surface area contributed by atoms with E-state index in [1.165, 1.54) is 22.2 Å². The first-order valence-electron chi connectivity index (χ1n) is 9.97. The van der Waals surface area contributed by atoms with Crippen molar-refractivity contribution in [3.05, 3.63) is 85.1 Å². The third-order valence-corrected chi connectivity index (χ3v) is 5.42. The normalized spacial score (nSPS) is 11.7. The number of para-hydroxylation sites is 2. The van der Waals surface area contributed by atoms with E-state index in [2.05, 4.69) is 107 Å². The summed E-state index contributed by atoms with van der Waals surface area (Å²) in [5.41, 5.74) is 7.01. The number of hydrogen-bond acceptors (Lipinski definition) is 2. The van der Waals surface area contributed by atoms with E-state index in [1.54, 1.807) is 0 Å².